The zero-order valence-electron chi connectivity index (χ0n) is 5.69. The molecule has 0 aliphatic heterocycles. The first kappa shape index (κ1) is 10.2. The standard InChI is InChI=1S/C6H11F2OS/c1-2-4-10(9)5-3-6(7)8/h6H,1-5H2. The van der Waals surface area contributed by atoms with E-state index in [1.165, 1.54) is 0 Å². The second-order valence-corrected chi connectivity index (χ2v) is 3.58. The fraction of sp³-hybridized carbons (Fsp3) is 0.833. The summed E-state index contributed by atoms with van der Waals surface area (Å²) in [6, 6.07) is 0. The van der Waals surface area contributed by atoms with Crippen molar-refractivity contribution in [3.63, 3.8) is 0 Å². The van der Waals surface area contributed by atoms with Crippen molar-refractivity contribution in [2.45, 2.75) is 19.3 Å². The van der Waals surface area contributed by atoms with Gasteiger partial charge in [0.1, 0.15) is 11.5 Å². The van der Waals surface area contributed by atoms with Gasteiger partial charge in [0.05, 0.1) is 6.42 Å². The minimum atomic E-state index is -2.33. The number of alkyl halides is 2. The first-order valence-electron chi connectivity index (χ1n) is 3.09. The van der Waals surface area contributed by atoms with E-state index in [0.29, 0.717) is 12.2 Å². The van der Waals surface area contributed by atoms with Crippen molar-refractivity contribution in [2.24, 2.45) is 0 Å². The van der Waals surface area contributed by atoms with Crippen LogP contribution in [0.1, 0.15) is 12.8 Å². The van der Waals surface area contributed by atoms with E-state index < -0.39 is 17.6 Å². The SMILES string of the molecule is [CH2]CC[S+]([O-])CCC(F)F. The average Bonchev–Trinajstić information content (AvgIpc) is 1.85. The third-order valence-electron chi connectivity index (χ3n) is 0.936. The Bertz CT molecular complexity index is 80.1. The van der Waals surface area contributed by atoms with E-state index in [4.69, 9.17) is 0 Å². The van der Waals surface area contributed by atoms with Crippen LogP contribution in [0, 0.1) is 6.92 Å². The van der Waals surface area contributed by atoms with E-state index in [0.717, 1.165) is 0 Å². The fourth-order valence-corrected chi connectivity index (χ4v) is 1.45. The van der Waals surface area contributed by atoms with Crippen LogP contribution in [0.15, 0.2) is 0 Å². The molecular weight excluding hydrogens is 158 g/mol. The normalized spacial score (nSPS) is 14.1. The lowest BCUT2D eigenvalue weighted by Crippen LogP contribution is -2.12. The van der Waals surface area contributed by atoms with Crippen LogP contribution in [-0.4, -0.2) is 22.5 Å². The molecule has 1 radical (unpaired) electrons. The highest BCUT2D eigenvalue weighted by atomic mass is 32.2. The zero-order valence-corrected chi connectivity index (χ0v) is 6.50. The van der Waals surface area contributed by atoms with Crippen molar-refractivity contribution in [3.8, 4) is 0 Å². The molecule has 0 bridgehead atoms. The van der Waals surface area contributed by atoms with E-state index in [2.05, 4.69) is 6.92 Å². The molecule has 0 amide bonds. The molecule has 0 aliphatic carbocycles. The molecule has 0 aliphatic rings. The van der Waals surface area contributed by atoms with Gasteiger partial charge < -0.3 is 4.55 Å². The molecule has 1 nitrogen and oxygen atoms in total. The van der Waals surface area contributed by atoms with Gasteiger partial charge in [-0.3, -0.25) is 0 Å². The molecule has 0 fully saturated rings. The third-order valence-corrected chi connectivity index (χ3v) is 2.37. The van der Waals surface area contributed by atoms with Gasteiger partial charge in [-0.05, 0) is 13.3 Å². The van der Waals surface area contributed by atoms with Crippen LogP contribution >= 0.6 is 0 Å². The molecule has 0 aromatic rings. The molecular formula is C6H11F2OS. The van der Waals surface area contributed by atoms with Crippen molar-refractivity contribution in [3.05, 3.63) is 6.92 Å². The number of hydrogen-bond acceptors (Lipinski definition) is 1. The Morgan fingerprint density at radius 3 is 2.40 bits per heavy atom. The molecule has 0 heterocycles. The molecule has 0 aromatic heterocycles. The summed E-state index contributed by atoms with van der Waals surface area (Å²) in [5.41, 5.74) is 0. The van der Waals surface area contributed by atoms with Gasteiger partial charge in [-0.15, -0.1) is 0 Å². The quantitative estimate of drug-likeness (QED) is 0.573. The summed E-state index contributed by atoms with van der Waals surface area (Å²) in [7, 11) is 0. The highest BCUT2D eigenvalue weighted by Gasteiger charge is 2.09. The molecule has 1 atom stereocenters. The monoisotopic (exact) mass is 169 g/mol. The minimum Gasteiger partial charge on any atom is -0.616 e. The predicted octanol–water partition coefficient (Wildman–Crippen LogP) is 1.61. The Balaban J connectivity index is 3.12. The Hall–Kier alpha value is 0.170. The van der Waals surface area contributed by atoms with E-state index >= 15 is 0 Å². The van der Waals surface area contributed by atoms with Crippen LogP contribution < -0.4 is 0 Å². The summed E-state index contributed by atoms with van der Waals surface area (Å²) >= 11 is -1.08. The van der Waals surface area contributed by atoms with Gasteiger partial charge in [0, 0.05) is 0 Å². The van der Waals surface area contributed by atoms with Crippen molar-refractivity contribution in [1.82, 2.24) is 0 Å². The summed E-state index contributed by atoms with van der Waals surface area (Å²) in [6.45, 7) is 3.47. The highest BCUT2D eigenvalue weighted by molar-refractivity contribution is 7.91. The first-order valence-corrected chi connectivity index (χ1v) is 4.58. The van der Waals surface area contributed by atoms with Gasteiger partial charge in [0.15, 0.2) is 0 Å². The highest BCUT2D eigenvalue weighted by Crippen LogP contribution is 2.03. The van der Waals surface area contributed by atoms with Gasteiger partial charge in [-0.2, -0.15) is 0 Å². The van der Waals surface area contributed by atoms with Crippen molar-refractivity contribution in [2.75, 3.05) is 11.5 Å². The van der Waals surface area contributed by atoms with Crippen LogP contribution in [0.2, 0.25) is 0 Å². The maximum Gasteiger partial charge on any atom is 0.243 e. The first-order chi connectivity index (χ1) is 4.66. The molecule has 0 saturated carbocycles. The van der Waals surface area contributed by atoms with Gasteiger partial charge >= 0.3 is 0 Å². The van der Waals surface area contributed by atoms with Crippen molar-refractivity contribution in [1.29, 1.82) is 0 Å². The largest absolute Gasteiger partial charge is 0.616 e. The van der Waals surface area contributed by atoms with Gasteiger partial charge in [0.2, 0.25) is 6.43 Å². The van der Waals surface area contributed by atoms with Gasteiger partial charge in [-0.1, -0.05) is 11.2 Å². The zero-order chi connectivity index (χ0) is 7.98. The molecule has 61 valence electrons. The van der Waals surface area contributed by atoms with E-state index in [9.17, 15) is 13.3 Å². The molecule has 10 heavy (non-hydrogen) atoms. The molecule has 0 spiro atoms. The second kappa shape index (κ2) is 5.92. The smallest absolute Gasteiger partial charge is 0.243 e. The average molecular weight is 169 g/mol. The summed E-state index contributed by atoms with van der Waals surface area (Å²) in [4.78, 5) is 0. The molecule has 4 heteroatoms. The van der Waals surface area contributed by atoms with E-state index in [1.807, 2.05) is 0 Å². The summed E-state index contributed by atoms with van der Waals surface area (Å²) in [6.07, 6.45) is -2.03. The molecule has 0 saturated heterocycles. The summed E-state index contributed by atoms with van der Waals surface area (Å²) in [5, 5.41) is 0. The van der Waals surface area contributed by atoms with Crippen LogP contribution in [0.5, 0.6) is 0 Å². The third kappa shape index (κ3) is 6.29. The summed E-state index contributed by atoms with van der Waals surface area (Å²) in [5.74, 6) is 0.542. The number of halogens is 2. The molecule has 1 unspecified atom stereocenters. The second-order valence-electron chi connectivity index (χ2n) is 1.88. The molecule has 0 aromatic carbocycles. The lowest BCUT2D eigenvalue weighted by Gasteiger charge is -2.08. The lowest BCUT2D eigenvalue weighted by atomic mass is 10.5. The van der Waals surface area contributed by atoms with Gasteiger partial charge in [-0.25, -0.2) is 8.78 Å². The fourth-order valence-electron chi connectivity index (χ4n) is 0.484. The van der Waals surface area contributed by atoms with Crippen LogP contribution in [0.4, 0.5) is 8.78 Å². The van der Waals surface area contributed by atoms with Crippen molar-refractivity contribution < 1.29 is 13.3 Å². The molecule has 0 N–H and O–H groups in total. The maximum atomic E-state index is 11.5. The topological polar surface area (TPSA) is 23.1 Å². The van der Waals surface area contributed by atoms with Crippen molar-refractivity contribution >= 4 is 11.2 Å². The predicted molar refractivity (Wildman–Crippen MR) is 38.5 cm³/mol. The van der Waals surface area contributed by atoms with Crippen LogP contribution in [0.25, 0.3) is 0 Å². The lowest BCUT2D eigenvalue weighted by molar-refractivity contribution is 0.145. The maximum absolute atomic E-state index is 11.5. The van der Waals surface area contributed by atoms with Gasteiger partial charge in [0.25, 0.3) is 0 Å². The summed E-state index contributed by atoms with van der Waals surface area (Å²) < 4.78 is 33.7. The minimum absolute atomic E-state index is 0.104. The Kier molecular flexibility index (Phi) is 6.02. The Morgan fingerprint density at radius 2 is 2.00 bits per heavy atom. The van der Waals surface area contributed by atoms with Crippen LogP contribution in [-0.2, 0) is 11.2 Å². The number of hydrogen-bond donors (Lipinski definition) is 0. The molecule has 0 rings (SSSR count). The van der Waals surface area contributed by atoms with E-state index in [-0.39, 0.29) is 12.2 Å². The Labute approximate surface area is 63.0 Å². The number of rotatable bonds is 5. The Morgan fingerprint density at radius 1 is 1.40 bits per heavy atom. The van der Waals surface area contributed by atoms with Crippen LogP contribution in [0.3, 0.4) is 0 Å². The van der Waals surface area contributed by atoms with E-state index in [1.54, 1.807) is 0 Å².